The van der Waals surface area contributed by atoms with Gasteiger partial charge >= 0.3 is 0 Å². The van der Waals surface area contributed by atoms with Gasteiger partial charge in [-0.25, -0.2) is 0 Å². The Kier molecular flexibility index (Phi) is 4.78. The van der Waals surface area contributed by atoms with E-state index in [1.165, 1.54) is 4.52 Å². The van der Waals surface area contributed by atoms with Gasteiger partial charge in [-0.3, -0.25) is 9.59 Å². The predicted molar refractivity (Wildman–Crippen MR) is 108 cm³/mol. The average Bonchev–Trinajstić information content (AvgIpc) is 2.94. The Morgan fingerprint density at radius 3 is 2.26 bits per heavy atom. The second-order valence-electron chi connectivity index (χ2n) is 5.83. The highest BCUT2D eigenvalue weighted by atomic mass is 35.5. The Balaban J connectivity index is 1.79. The van der Waals surface area contributed by atoms with Gasteiger partial charge in [-0.2, -0.15) is 14.6 Å². The maximum Gasteiger partial charge on any atom is 0.296 e. The Hall–Kier alpha value is -2.54. The molecule has 0 bridgehead atoms. The van der Waals surface area contributed by atoms with Crippen molar-refractivity contribution >= 4 is 45.6 Å². The van der Waals surface area contributed by atoms with Gasteiger partial charge in [0.2, 0.25) is 4.96 Å². The van der Waals surface area contributed by atoms with Crippen LogP contribution in [0.1, 0.15) is 16.8 Å². The van der Waals surface area contributed by atoms with Crippen LogP contribution < -0.4 is 15.7 Å². The van der Waals surface area contributed by atoms with E-state index in [0.717, 1.165) is 22.5 Å². The first kappa shape index (κ1) is 17.9. The molecule has 4 rings (SSSR count). The first-order valence-electron chi connectivity index (χ1n) is 7.94. The van der Waals surface area contributed by atoms with Gasteiger partial charge in [-0.05, 0) is 41.5 Å². The number of fused-ring (bicyclic) bond motifs is 1. The quantitative estimate of drug-likeness (QED) is 0.515. The second-order valence-corrected chi connectivity index (χ2v) is 7.71. The monoisotopic (exact) mass is 415 g/mol. The van der Waals surface area contributed by atoms with Crippen molar-refractivity contribution in [2.75, 3.05) is 0 Å². The molecule has 0 aliphatic rings. The lowest BCUT2D eigenvalue weighted by molar-refractivity contribution is 0.811. The minimum Gasteiger partial charge on any atom is -0.266 e. The summed E-state index contributed by atoms with van der Waals surface area (Å²) in [6.07, 6.45) is 2.00. The molecule has 5 nitrogen and oxygen atoms in total. The van der Waals surface area contributed by atoms with Crippen molar-refractivity contribution in [1.29, 1.82) is 0 Å². The zero-order valence-corrected chi connectivity index (χ0v) is 16.1. The molecule has 0 saturated carbocycles. The third-order valence-electron chi connectivity index (χ3n) is 3.90. The lowest BCUT2D eigenvalue weighted by Gasteiger charge is -2.00. The molecule has 27 heavy (non-hydrogen) atoms. The van der Waals surface area contributed by atoms with E-state index in [1.807, 2.05) is 24.3 Å². The lowest BCUT2D eigenvalue weighted by Crippen LogP contribution is -2.28. The third kappa shape index (κ3) is 3.78. The molecule has 0 aliphatic carbocycles. The maximum absolute atomic E-state index is 12.7. The topological polar surface area (TPSA) is 64.3 Å². The van der Waals surface area contributed by atoms with Crippen molar-refractivity contribution in [2.24, 2.45) is 0 Å². The van der Waals surface area contributed by atoms with Crippen LogP contribution in [-0.4, -0.2) is 14.6 Å². The molecule has 134 valence electrons. The number of halogens is 2. The van der Waals surface area contributed by atoms with E-state index in [-0.39, 0.29) is 22.6 Å². The zero-order chi connectivity index (χ0) is 19.0. The number of hydrogen-bond donors (Lipinski definition) is 0. The smallest absolute Gasteiger partial charge is 0.266 e. The molecule has 2 aromatic carbocycles. The molecule has 0 fully saturated rings. The van der Waals surface area contributed by atoms with E-state index in [1.54, 1.807) is 30.3 Å². The maximum atomic E-state index is 12.7. The largest absolute Gasteiger partial charge is 0.296 e. The van der Waals surface area contributed by atoms with Crippen LogP contribution in [0.4, 0.5) is 0 Å². The SMILES string of the molecule is O=c1nc2sc(=Cc3ccc(Cl)cc3)c(=O)n2nc1Cc1ccc(Cl)cc1. The number of aromatic nitrogens is 3. The van der Waals surface area contributed by atoms with E-state index in [4.69, 9.17) is 23.2 Å². The Bertz CT molecular complexity index is 1300. The Morgan fingerprint density at radius 1 is 0.963 bits per heavy atom. The fourth-order valence-corrected chi connectivity index (χ4v) is 3.71. The summed E-state index contributed by atoms with van der Waals surface area (Å²) in [5, 5.41) is 5.46. The summed E-state index contributed by atoms with van der Waals surface area (Å²) in [6, 6.07) is 14.2. The number of thiazole rings is 1. The van der Waals surface area contributed by atoms with Gasteiger partial charge in [-0.1, -0.05) is 58.8 Å². The van der Waals surface area contributed by atoms with Crippen LogP contribution in [0.15, 0.2) is 58.1 Å². The van der Waals surface area contributed by atoms with Gasteiger partial charge in [-0.15, -0.1) is 0 Å². The van der Waals surface area contributed by atoms with Crippen molar-refractivity contribution in [2.45, 2.75) is 6.42 Å². The summed E-state index contributed by atoms with van der Waals surface area (Å²) in [6.45, 7) is 0. The molecule has 0 atom stereocenters. The Morgan fingerprint density at radius 2 is 1.59 bits per heavy atom. The molecule has 0 spiro atoms. The van der Waals surface area contributed by atoms with Gasteiger partial charge in [0.05, 0.1) is 4.53 Å². The van der Waals surface area contributed by atoms with E-state index >= 15 is 0 Å². The van der Waals surface area contributed by atoms with Gasteiger partial charge < -0.3 is 0 Å². The van der Waals surface area contributed by atoms with Crippen molar-refractivity contribution < 1.29 is 0 Å². The summed E-state index contributed by atoms with van der Waals surface area (Å²) in [7, 11) is 0. The van der Waals surface area contributed by atoms with Crippen molar-refractivity contribution in [3.05, 3.63) is 101 Å². The molecular formula is C19H11Cl2N3O2S. The lowest BCUT2D eigenvalue weighted by atomic mass is 10.1. The summed E-state index contributed by atoms with van der Waals surface area (Å²) in [5.41, 5.74) is 1.15. The van der Waals surface area contributed by atoms with Gasteiger partial charge in [0, 0.05) is 16.5 Å². The summed E-state index contributed by atoms with van der Waals surface area (Å²) in [5.74, 6) is 0. The van der Waals surface area contributed by atoms with Gasteiger partial charge in [0.15, 0.2) is 0 Å². The first-order valence-corrected chi connectivity index (χ1v) is 9.51. The fraction of sp³-hybridized carbons (Fsp3) is 0.0526. The van der Waals surface area contributed by atoms with Crippen LogP contribution in [0.5, 0.6) is 0 Å². The van der Waals surface area contributed by atoms with Crippen LogP contribution >= 0.6 is 34.5 Å². The predicted octanol–water partition coefficient (Wildman–Crippen LogP) is 2.96. The number of hydrogen-bond acceptors (Lipinski definition) is 5. The molecule has 8 heteroatoms. The van der Waals surface area contributed by atoms with E-state index in [0.29, 0.717) is 14.6 Å². The molecule has 0 N–H and O–H groups in total. The normalized spacial score (nSPS) is 12.0. The van der Waals surface area contributed by atoms with Crippen LogP contribution in [0.3, 0.4) is 0 Å². The van der Waals surface area contributed by atoms with Crippen LogP contribution in [-0.2, 0) is 6.42 Å². The minimum absolute atomic E-state index is 0.211. The highest BCUT2D eigenvalue weighted by molar-refractivity contribution is 7.15. The fourth-order valence-electron chi connectivity index (χ4n) is 2.56. The van der Waals surface area contributed by atoms with Gasteiger partial charge in [0.1, 0.15) is 5.69 Å². The molecule has 0 aliphatic heterocycles. The molecule has 2 aromatic heterocycles. The van der Waals surface area contributed by atoms with Crippen molar-refractivity contribution in [1.82, 2.24) is 14.6 Å². The number of rotatable bonds is 3. The van der Waals surface area contributed by atoms with Crippen LogP contribution in [0.2, 0.25) is 10.0 Å². The van der Waals surface area contributed by atoms with E-state index < -0.39 is 5.56 Å². The molecule has 0 radical (unpaired) electrons. The summed E-state index contributed by atoms with van der Waals surface area (Å²) >= 11 is 12.9. The van der Waals surface area contributed by atoms with E-state index in [2.05, 4.69) is 10.1 Å². The summed E-state index contributed by atoms with van der Waals surface area (Å²) < 4.78 is 1.62. The molecule has 2 heterocycles. The van der Waals surface area contributed by atoms with Crippen LogP contribution in [0, 0.1) is 0 Å². The van der Waals surface area contributed by atoms with Gasteiger partial charge in [0.25, 0.3) is 11.1 Å². The molecule has 0 unspecified atom stereocenters. The number of benzene rings is 2. The highest BCUT2D eigenvalue weighted by Gasteiger charge is 2.11. The molecule has 0 saturated heterocycles. The second kappa shape index (κ2) is 7.23. The highest BCUT2D eigenvalue weighted by Crippen LogP contribution is 2.12. The number of nitrogens with zero attached hydrogens (tertiary/aromatic N) is 3. The van der Waals surface area contributed by atoms with Crippen molar-refractivity contribution in [3.8, 4) is 0 Å². The third-order valence-corrected chi connectivity index (χ3v) is 5.37. The van der Waals surface area contributed by atoms with Crippen LogP contribution in [0.25, 0.3) is 11.0 Å². The molecule has 4 aromatic rings. The standard InChI is InChI=1S/C19H11Cl2N3O2S/c20-13-5-1-11(2-6-13)9-15-17(25)22-19-24(23-15)18(26)16(27-19)10-12-3-7-14(21)8-4-12/h1-8,10H,9H2. The average molecular weight is 416 g/mol. The minimum atomic E-state index is -0.441. The molecular weight excluding hydrogens is 405 g/mol. The van der Waals surface area contributed by atoms with E-state index in [9.17, 15) is 9.59 Å². The Labute approximate surface area is 167 Å². The molecule has 0 amide bonds. The zero-order valence-electron chi connectivity index (χ0n) is 13.7. The summed E-state index contributed by atoms with van der Waals surface area (Å²) in [4.78, 5) is 29.2. The van der Waals surface area contributed by atoms with Crippen molar-refractivity contribution in [3.63, 3.8) is 0 Å². The first-order chi connectivity index (χ1) is 13.0.